The third-order valence-corrected chi connectivity index (χ3v) is 5.91. The van der Waals surface area contributed by atoms with E-state index in [4.69, 9.17) is 9.15 Å². The van der Waals surface area contributed by atoms with E-state index in [-0.39, 0.29) is 11.5 Å². The monoisotopic (exact) mass is 454 g/mol. The maximum Gasteiger partial charge on any atom is 0.349 e. The lowest BCUT2D eigenvalue weighted by Gasteiger charge is -2.30. The van der Waals surface area contributed by atoms with E-state index >= 15 is 0 Å². The van der Waals surface area contributed by atoms with E-state index < -0.39 is 11.5 Å². The molecule has 0 fully saturated rings. The smallest absolute Gasteiger partial charge is 0.349 e. The molecule has 34 heavy (non-hydrogen) atoms. The summed E-state index contributed by atoms with van der Waals surface area (Å²) in [5.74, 6) is -0.0744. The number of benzene rings is 3. The zero-order chi connectivity index (χ0) is 23.7. The van der Waals surface area contributed by atoms with Crippen LogP contribution in [0.15, 0.2) is 82.0 Å². The summed E-state index contributed by atoms with van der Waals surface area (Å²) in [6, 6.07) is 21.9. The van der Waals surface area contributed by atoms with Gasteiger partial charge in [0.05, 0.1) is 13.7 Å². The van der Waals surface area contributed by atoms with Gasteiger partial charge in [0.1, 0.15) is 5.56 Å². The summed E-state index contributed by atoms with van der Waals surface area (Å²) in [4.78, 5) is 39.8. The number of hydrogen-bond donors (Lipinski definition) is 1. The second kappa shape index (κ2) is 8.86. The van der Waals surface area contributed by atoms with Crippen molar-refractivity contribution in [2.24, 2.45) is 0 Å². The Morgan fingerprint density at radius 3 is 2.62 bits per heavy atom. The summed E-state index contributed by atoms with van der Waals surface area (Å²) in [7, 11) is 1.49. The van der Waals surface area contributed by atoms with E-state index in [1.807, 2.05) is 42.5 Å². The Bertz CT molecular complexity index is 1460. The second-order valence-corrected chi connectivity index (χ2v) is 8.09. The van der Waals surface area contributed by atoms with E-state index in [0.29, 0.717) is 41.8 Å². The predicted octanol–water partition coefficient (Wildman–Crippen LogP) is 4.53. The van der Waals surface area contributed by atoms with Gasteiger partial charge in [-0.3, -0.25) is 9.59 Å². The molecule has 0 aliphatic carbocycles. The fourth-order valence-electron chi connectivity index (χ4n) is 4.21. The van der Waals surface area contributed by atoms with E-state index in [2.05, 4.69) is 5.32 Å². The van der Waals surface area contributed by atoms with Crippen molar-refractivity contribution in [2.45, 2.75) is 19.4 Å². The molecule has 0 atom stereocenters. The van der Waals surface area contributed by atoms with Gasteiger partial charge in [-0.25, -0.2) is 4.79 Å². The van der Waals surface area contributed by atoms with Crippen molar-refractivity contribution in [3.8, 4) is 5.75 Å². The maximum absolute atomic E-state index is 12.9. The van der Waals surface area contributed by atoms with Gasteiger partial charge in [-0.05, 0) is 47.9 Å². The van der Waals surface area contributed by atoms with E-state index in [9.17, 15) is 14.4 Å². The molecule has 1 aliphatic rings. The third kappa shape index (κ3) is 4.03. The minimum Gasteiger partial charge on any atom is -0.493 e. The Morgan fingerprint density at radius 2 is 1.82 bits per heavy atom. The van der Waals surface area contributed by atoms with Crippen LogP contribution in [0.1, 0.15) is 27.9 Å². The third-order valence-electron chi connectivity index (χ3n) is 5.91. The van der Waals surface area contributed by atoms with Gasteiger partial charge in [-0.1, -0.05) is 42.5 Å². The van der Waals surface area contributed by atoms with Crippen LogP contribution in [0, 0.1) is 0 Å². The van der Waals surface area contributed by atoms with Crippen LogP contribution < -0.4 is 20.6 Å². The number of carbonyl (C=O) groups excluding carboxylic acids is 2. The molecule has 170 valence electrons. The average molecular weight is 454 g/mol. The molecule has 2 amide bonds. The number of nitrogens with zero attached hydrogens (tertiary/aromatic N) is 1. The highest BCUT2D eigenvalue weighted by Crippen LogP contribution is 2.32. The molecule has 0 unspecified atom stereocenters. The summed E-state index contributed by atoms with van der Waals surface area (Å²) in [5, 5.41) is 3.37. The number of methoxy groups -OCH3 is 1. The lowest BCUT2D eigenvalue weighted by atomic mass is 9.99. The highest BCUT2D eigenvalue weighted by atomic mass is 16.5. The molecule has 3 aromatic carbocycles. The van der Waals surface area contributed by atoms with Gasteiger partial charge in [-0.2, -0.15) is 0 Å². The van der Waals surface area contributed by atoms with Crippen LogP contribution in [0.25, 0.3) is 11.0 Å². The Balaban J connectivity index is 1.41. The van der Waals surface area contributed by atoms with Crippen molar-refractivity contribution in [3.05, 3.63) is 99.9 Å². The average Bonchev–Trinajstić information content (AvgIpc) is 2.85. The first-order chi connectivity index (χ1) is 16.5. The summed E-state index contributed by atoms with van der Waals surface area (Å²) in [6.45, 7) is 0.486. The number of carbonyl (C=O) groups is 2. The molecule has 0 radical (unpaired) electrons. The molecule has 1 aliphatic heterocycles. The molecule has 2 heterocycles. The van der Waals surface area contributed by atoms with Crippen LogP contribution in [0.2, 0.25) is 0 Å². The number of para-hydroxylation sites is 1. The number of ether oxygens (including phenoxy) is 1. The summed E-state index contributed by atoms with van der Waals surface area (Å²) >= 11 is 0. The summed E-state index contributed by atoms with van der Waals surface area (Å²) in [6.07, 6.45) is 0.981. The molecule has 0 spiro atoms. The van der Waals surface area contributed by atoms with Crippen LogP contribution in [-0.2, 0) is 17.8 Å². The van der Waals surface area contributed by atoms with Crippen LogP contribution in [0.3, 0.4) is 0 Å². The fraction of sp³-hybridized carbons (Fsp3) is 0.148. The lowest BCUT2D eigenvalue weighted by molar-refractivity contribution is -0.119. The highest BCUT2D eigenvalue weighted by Gasteiger charge is 2.25. The van der Waals surface area contributed by atoms with Crippen molar-refractivity contribution in [2.75, 3.05) is 17.3 Å². The van der Waals surface area contributed by atoms with Gasteiger partial charge < -0.3 is 19.4 Å². The number of rotatable bonds is 5. The number of amides is 2. The predicted molar refractivity (Wildman–Crippen MR) is 129 cm³/mol. The maximum atomic E-state index is 12.9. The Labute approximate surface area is 195 Å². The fourth-order valence-corrected chi connectivity index (χ4v) is 4.21. The zero-order valence-electron chi connectivity index (χ0n) is 18.5. The van der Waals surface area contributed by atoms with Crippen LogP contribution in [-0.4, -0.2) is 18.9 Å². The normalized spacial score (nSPS) is 13.0. The standard InChI is InChI=1S/C27H22N2O5/c1-33-23-9-5-8-19-15-21(27(32)34-25(19)23)26(31)28-20-11-12-22-18(14-20)10-13-24(30)29(22)16-17-6-3-2-4-7-17/h2-9,11-12,14-15H,10,13,16H2,1H3,(H,28,31). The number of hydrogen-bond acceptors (Lipinski definition) is 5. The lowest BCUT2D eigenvalue weighted by Crippen LogP contribution is -2.34. The van der Waals surface area contributed by atoms with Gasteiger partial charge in [-0.15, -0.1) is 0 Å². The van der Waals surface area contributed by atoms with Crippen molar-refractivity contribution < 1.29 is 18.7 Å². The molecule has 7 heteroatoms. The van der Waals surface area contributed by atoms with Crippen LogP contribution >= 0.6 is 0 Å². The van der Waals surface area contributed by atoms with Crippen molar-refractivity contribution in [3.63, 3.8) is 0 Å². The Hall–Kier alpha value is -4.39. The first-order valence-electron chi connectivity index (χ1n) is 10.9. The van der Waals surface area contributed by atoms with Gasteiger partial charge in [0, 0.05) is 23.2 Å². The molecule has 0 bridgehead atoms. The van der Waals surface area contributed by atoms with Crippen LogP contribution in [0.4, 0.5) is 11.4 Å². The van der Waals surface area contributed by atoms with Gasteiger partial charge in [0.2, 0.25) is 5.91 Å². The molecule has 0 saturated heterocycles. The van der Waals surface area contributed by atoms with Crippen molar-refractivity contribution in [1.82, 2.24) is 0 Å². The zero-order valence-corrected chi connectivity index (χ0v) is 18.5. The molecular formula is C27H22N2O5. The number of aryl methyl sites for hydroxylation is 1. The number of fused-ring (bicyclic) bond motifs is 2. The van der Waals surface area contributed by atoms with E-state index in [1.165, 1.54) is 13.2 Å². The van der Waals surface area contributed by atoms with Gasteiger partial charge in [0.25, 0.3) is 5.91 Å². The molecule has 1 N–H and O–H groups in total. The molecule has 1 aromatic heterocycles. The minimum atomic E-state index is -0.743. The Kier molecular flexibility index (Phi) is 5.59. The highest BCUT2D eigenvalue weighted by molar-refractivity contribution is 6.06. The SMILES string of the molecule is COc1cccc2cc(C(=O)Nc3ccc4c(c3)CCC(=O)N4Cc3ccccc3)c(=O)oc12. The first kappa shape index (κ1) is 21.5. The van der Waals surface area contributed by atoms with E-state index in [1.54, 1.807) is 29.2 Å². The van der Waals surface area contributed by atoms with Crippen molar-refractivity contribution in [1.29, 1.82) is 0 Å². The molecule has 7 nitrogen and oxygen atoms in total. The number of anilines is 2. The Morgan fingerprint density at radius 1 is 1.00 bits per heavy atom. The molecule has 0 saturated carbocycles. The largest absolute Gasteiger partial charge is 0.493 e. The quantitative estimate of drug-likeness (QED) is 0.448. The van der Waals surface area contributed by atoms with E-state index in [0.717, 1.165) is 16.8 Å². The number of nitrogens with one attached hydrogen (secondary N) is 1. The molecule has 5 rings (SSSR count). The summed E-state index contributed by atoms with van der Waals surface area (Å²) in [5.41, 5.74) is 2.83. The summed E-state index contributed by atoms with van der Waals surface area (Å²) < 4.78 is 10.6. The van der Waals surface area contributed by atoms with Crippen LogP contribution in [0.5, 0.6) is 5.75 Å². The van der Waals surface area contributed by atoms with Gasteiger partial charge in [0.15, 0.2) is 11.3 Å². The molecule has 4 aromatic rings. The molecular weight excluding hydrogens is 432 g/mol. The first-order valence-corrected chi connectivity index (χ1v) is 10.9. The topological polar surface area (TPSA) is 88.9 Å². The second-order valence-electron chi connectivity index (χ2n) is 8.09. The van der Waals surface area contributed by atoms with Gasteiger partial charge >= 0.3 is 5.63 Å². The minimum absolute atomic E-state index is 0.0670. The van der Waals surface area contributed by atoms with Crippen molar-refractivity contribution >= 4 is 34.2 Å².